The smallest absolute Gasteiger partial charge is 0.323 e. The highest BCUT2D eigenvalue weighted by Crippen LogP contribution is 2.02. The van der Waals surface area contributed by atoms with E-state index in [1.807, 2.05) is 30.3 Å². The molecule has 0 fully saturated rings. The maximum atomic E-state index is 11.5. The number of hydrogen-bond donors (Lipinski definition) is 1. The van der Waals surface area contributed by atoms with E-state index < -0.39 is 12.0 Å². The van der Waals surface area contributed by atoms with E-state index in [1.165, 1.54) is 6.92 Å². The highest BCUT2D eigenvalue weighted by molar-refractivity contribution is 5.85. The molecule has 0 aromatic heterocycles. The van der Waals surface area contributed by atoms with E-state index in [0.717, 1.165) is 5.56 Å². The van der Waals surface area contributed by atoms with Crippen LogP contribution >= 0.6 is 12.4 Å². The predicted molar refractivity (Wildman–Crippen MR) is 72.7 cm³/mol. The molecule has 0 bridgehead atoms. The number of hydrogen-bond acceptors (Lipinski definition) is 5. The van der Waals surface area contributed by atoms with Gasteiger partial charge in [-0.1, -0.05) is 30.3 Å². The van der Waals surface area contributed by atoms with Crippen LogP contribution in [0.4, 0.5) is 0 Å². The molecule has 1 rings (SSSR count). The molecule has 0 unspecified atom stereocenters. The molecule has 1 atom stereocenters. The summed E-state index contributed by atoms with van der Waals surface area (Å²) in [6, 6.07) is 8.56. The molecular formula is C13H18ClNO4. The normalized spacial score (nSPS) is 11.1. The van der Waals surface area contributed by atoms with Gasteiger partial charge in [-0.15, -0.1) is 12.4 Å². The Morgan fingerprint density at radius 3 is 2.42 bits per heavy atom. The molecule has 0 spiro atoms. The zero-order chi connectivity index (χ0) is 13.4. The molecule has 1 aromatic rings. The summed E-state index contributed by atoms with van der Waals surface area (Å²) in [5.41, 5.74) is 6.50. The van der Waals surface area contributed by atoms with Gasteiger partial charge in [0.05, 0.1) is 6.61 Å². The SMILES string of the molecule is CC(=O)OCC[C@H](N)C(=O)OCc1ccccc1.Cl. The lowest BCUT2D eigenvalue weighted by atomic mass is 10.2. The average Bonchev–Trinajstić information content (AvgIpc) is 2.36. The van der Waals surface area contributed by atoms with Gasteiger partial charge in [0.1, 0.15) is 12.6 Å². The molecule has 0 amide bonds. The molecule has 19 heavy (non-hydrogen) atoms. The van der Waals surface area contributed by atoms with E-state index in [4.69, 9.17) is 15.2 Å². The molecule has 0 saturated heterocycles. The van der Waals surface area contributed by atoms with E-state index in [-0.39, 0.29) is 38.0 Å². The number of carbonyl (C=O) groups excluding carboxylic acids is 2. The van der Waals surface area contributed by atoms with E-state index in [1.54, 1.807) is 0 Å². The van der Waals surface area contributed by atoms with Gasteiger partial charge in [0.25, 0.3) is 0 Å². The van der Waals surface area contributed by atoms with Crippen molar-refractivity contribution in [2.75, 3.05) is 6.61 Å². The summed E-state index contributed by atoms with van der Waals surface area (Å²) >= 11 is 0. The fourth-order valence-corrected chi connectivity index (χ4v) is 1.28. The van der Waals surface area contributed by atoms with Crippen LogP contribution in [0.1, 0.15) is 18.9 Å². The Morgan fingerprint density at radius 2 is 1.84 bits per heavy atom. The molecule has 0 heterocycles. The van der Waals surface area contributed by atoms with Crippen molar-refractivity contribution in [3.8, 4) is 0 Å². The van der Waals surface area contributed by atoms with Gasteiger partial charge in [0.15, 0.2) is 0 Å². The second-order valence-electron chi connectivity index (χ2n) is 3.83. The largest absolute Gasteiger partial charge is 0.466 e. The summed E-state index contributed by atoms with van der Waals surface area (Å²) < 4.78 is 9.74. The van der Waals surface area contributed by atoms with Gasteiger partial charge < -0.3 is 15.2 Å². The molecule has 1 aromatic carbocycles. The van der Waals surface area contributed by atoms with Crippen molar-refractivity contribution in [3.63, 3.8) is 0 Å². The fourth-order valence-electron chi connectivity index (χ4n) is 1.28. The van der Waals surface area contributed by atoms with Crippen molar-refractivity contribution in [2.45, 2.75) is 26.0 Å². The maximum Gasteiger partial charge on any atom is 0.323 e. The molecule has 106 valence electrons. The fraction of sp³-hybridized carbons (Fsp3) is 0.385. The summed E-state index contributed by atoms with van der Waals surface area (Å²) in [6.07, 6.45) is 0.257. The van der Waals surface area contributed by atoms with Crippen LogP contribution in [0.2, 0.25) is 0 Å². The zero-order valence-corrected chi connectivity index (χ0v) is 11.5. The molecule has 6 heteroatoms. The summed E-state index contributed by atoms with van der Waals surface area (Å²) in [6.45, 7) is 1.62. The topological polar surface area (TPSA) is 78.6 Å². The highest BCUT2D eigenvalue weighted by atomic mass is 35.5. The van der Waals surface area contributed by atoms with Crippen molar-refractivity contribution in [1.82, 2.24) is 0 Å². The highest BCUT2D eigenvalue weighted by Gasteiger charge is 2.15. The molecule has 0 aliphatic heterocycles. The van der Waals surface area contributed by atoms with Crippen LogP contribution in [0.3, 0.4) is 0 Å². The lowest BCUT2D eigenvalue weighted by molar-refractivity contribution is -0.149. The summed E-state index contributed by atoms with van der Waals surface area (Å²) in [5.74, 6) is -0.883. The average molecular weight is 288 g/mol. The number of esters is 2. The number of benzene rings is 1. The van der Waals surface area contributed by atoms with E-state index in [2.05, 4.69) is 0 Å². The van der Waals surface area contributed by atoms with Gasteiger partial charge in [0.2, 0.25) is 0 Å². The van der Waals surface area contributed by atoms with Gasteiger partial charge in [-0.3, -0.25) is 9.59 Å². The van der Waals surface area contributed by atoms with Crippen molar-refractivity contribution in [1.29, 1.82) is 0 Å². The van der Waals surface area contributed by atoms with Gasteiger partial charge in [0, 0.05) is 13.3 Å². The van der Waals surface area contributed by atoms with Crippen LogP contribution < -0.4 is 5.73 Å². The van der Waals surface area contributed by atoms with Gasteiger partial charge in [-0.05, 0) is 5.56 Å². The summed E-state index contributed by atoms with van der Waals surface area (Å²) in [4.78, 5) is 22.0. The van der Waals surface area contributed by atoms with Crippen LogP contribution in [-0.2, 0) is 25.7 Å². The Morgan fingerprint density at radius 1 is 1.21 bits per heavy atom. The van der Waals surface area contributed by atoms with Crippen LogP contribution in [0.15, 0.2) is 30.3 Å². The molecule has 2 N–H and O–H groups in total. The van der Waals surface area contributed by atoms with E-state index >= 15 is 0 Å². The third-order valence-corrected chi connectivity index (χ3v) is 2.26. The lowest BCUT2D eigenvalue weighted by Gasteiger charge is -2.11. The first-order valence-corrected chi connectivity index (χ1v) is 5.69. The van der Waals surface area contributed by atoms with Crippen molar-refractivity contribution in [2.24, 2.45) is 5.73 Å². The molecule has 0 radical (unpaired) electrons. The van der Waals surface area contributed by atoms with E-state index in [9.17, 15) is 9.59 Å². The summed E-state index contributed by atoms with van der Waals surface area (Å²) in [7, 11) is 0. The Labute approximate surface area is 118 Å². The minimum atomic E-state index is -0.770. The number of nitrogens with two attached hydrogens (primary N) is 1. The van der Waals surface area contributed by atoms with Gasteiger partial charge in [-0.2, -0.15) is 0 Å². The monoisotopic (exact) mass is 287 g/mol. The van der Waals surface area contributed by atoms with Crippen molar-refractivity contribution >= 4 is 24.3 Å². The van der Waals surface area contributed by atoms with E-state index in [0.29, 0.717) is 0 Å². The first-order valence-electron chi connectivity index (χ1n) is 5.69. The van der Waals surface area contributed by atoms with Crippen LogP contribution in [-0.4, -0.2) is 24.6 Å². The second kappa shape index (κ2) is 9.35. The predicted octanol–water partition coefficient (Wildman–Crippen LogP) is 1.43. The molecular weight excluding hydrogens is 270 g/mol. The van der Waals surface area contributed by atoms with Crippen molar-refractivity contribution < 1.29 is 19.1 Å². The minimum absolute atomic E-state index is 0. The van der Waals surface area contributed by atoms with Crippen LogP contribution in [0.25, 0.3) is 0 Å². The molecule has 0 aliphatic carbocycles. The third-order valence-electron chi connectivity index (χ3n) is 2.26. The quantitative estimate of drug-likeness (QED) is 0.801. The van der Waals surface area contributed by atoms with Crippen LogP contribution in [0.5, 0.6) is 0 Å². The standard InChI is InChI=1S/C13H17NO4.ClH/c1-10(15)17-8-7-12(14)13(16)18-9-11-5-3-2-4-6-11;/h2-6,12H,7-9,14H2,1H3;1H/t12-;/m0./s1. The zero-order valence-electron chi connectivity index (χ0n) is 10.7. The molecule has 0 saturated carbocycles. The maximum absolute atomic E-state index is 11.5. The third kappa shape index (κ3) is 7.43. The van der Waals surface area contributed by atoms with Gasteiger partial charge in [-0.25, -0.2) is 0 Å². The molecule has 0 aliphatic rings. The number of carbonyl (C=O) groups is 2. The summed E-state index contributed by atoms with van der Waals surface area (Å²) in [5, 5.41) is 0. The number of ether oxygens (including phenoxy) is 2. The van der Waals surface area contributed by atoms with Crippen LogP contribution in [0, 0.1) is 0 Å². The Balaban J connectivity index is 0.00000324. The van der Waals surface area contributed by atoms with Crippen molar-refractivity contribution in [3.05, 3.63) is 35.9 Å². The first kappa shape index (κ1) is 17.4. The van der Waals surface area contributed by atoms with Gasteiger partial charge >= 0.3 is 11.9 Å². The first-order chi connectivity index (χ1) is 8.59. The lowest BCUT2D eigenvalue weighted by Crippen LogP contribution is -2.33. The Kier molecular flexibility index (Phi) is 8.57. The number of rotatable bonds is 6. The molecule has 5 nitrogen and oxygen atoms in total. The minimum Gasteiger partial charge on any atom is -0.466 e. The second-order valence-corrected chi connectivity index (χ2v) is 3.83. The Hall–Kier alpha value is -1.59. The number of halogens is 1. The Bertz CT molecular complexity index is 397.